The van der Waals surface area contributed by atoms with Crippen LogP contribution in [0.3, 0.4) is 0 Å². The van der Waals surface area contributed by atoms with E-state index in [2.05, 4.69) is 35.4 Å². The number of aryl methyl sites for hydroxylation is 1. The van der Waals surface area contributed by atoms with E-state index in [-0.39, 0.29) is 35.1 Å². The van der Waals surface area contributed by atoms with Crippen molar-refractivity contribution in [2.45, 2.75) is 91.0 Å². The molecule has 2 aromatic carbocycles. The molecule has 0 saturated heterocycles. The first kappa shape index (κ1) is 32.0. The molecule has 3 rings (SSSR count). The van der Waals surface area contributed by atoms with E-state index >= 15 is 0 Å². The van der Waals surface area contributed by atoms with Crippen molar-refractivity contribution in [2.75, 3.05) is 11.9 Å². The van der Waals surface area contributed by atoms with Crippen LogP contribution in [-0.2, 0) is 17.8 Å². The normalized spacial score (nSPS) is 10.7. The Morgan fingerprint density at radius 2 is 1.66 bits per heavy atom. The molecule has 38 heavy (non-hydrogen) atoms. The Morgan fingerprint density at radius 1 is 0.947 bits per heavy atom. The number of unbranched alkanes of at least 4 members (excludes halogenated alkanes) is 9. The van der Waals surface area contributed by atoms with Gasteiger partial charge in [-0.2, -0.15) is 4.57 Å². The average molecular weight is 606 g/mol. The van der Waals surface area contributed by atoms with Gasteiger partial charge < -0.3 is 27.0 Å². The smallest absolute Gasteiger partial charge is 0.228 e. The van der Waals surface area contributed by atoms with Gasteiger partial charge in [-0.3, -0.25) is 4.79 Å². The summed E-state index contributed by atoms with van der Waals surface area (Å²) >= 11 is 1.71. The maximum Gasteiger partial charge on any atom is 0.228 e. The van der Waals surface area contributed by atoms with E-state index in [1.807, 2.05) is 24.3 Å². The van der Waals surface area contributed by atoms with E-state index in [1.54, 1.807) is 23.5 Å². The summed E-state index contributed by atoms with van der Waals surface area (Å²) in [6.45, 7) is 5.60. The molecule has 4 nitrogen and oxygen atoms in total. The molecule has 0 atom stereocenters. The molecule has 0 fully saturated rings. The second-order valence-electron chi connectivity index (χ2n) is 9.86. The number of rotatable bonds is 17. The standard InChI is InChI=1S/C31H41FN2O2S.BrH/c1-3-4-5-6-7-8-9-10-11-12-18-36-30-17-16-26(20-29(30)32)21-31(35)33-28-15-13-14-27(19-28)23-34-22-25(2)37-24-34;/h13-17,19-20,22,24H,3-12,18,21,23H2,1-2H3;1H. The van der Waals surface area contributed by atoms with Crippen molar-refractivity contribution in [3.8, 4) is 5.75 Å². The highest BCUT2D eigenvalue weighted by Crippen LogP contribution is 2.20. The minimum atomic E-state index is -0.414. The van der Waals surface area contributed by atoms with Crippen LogP contribution in [-0.4, -0.2) is 12.5 Å². The third-order valence-corrected chi connectivity index (χ3v) is 7.27. The number of carbonyl (C=O) groups is 1. The fraction of sp³-hybridized carbons (Fsp3) is 0.484. The zero-order valence-corrected chi connectivity index (χ0v) is 25.2. The Labute approximate surface area is 242 Å². The number of benzene rings is 2. The number of nitrogens with one attached hydrogen (secondary N) is 1. The molecule has 7 heteroatoms. The van der Waals surface area contributed by atoms with Crippen LogP contribution in [0.4, 0.5) is 10.1 Å². The lowest BCUT2D eigenvalue weighted by Crippen LogP contribution is -3.00. The van der Waals surface area contributed by atoms with Crippen LogP contribution in [0.25, 0.3) is 0 Å². The van der Waals surface area contributed by atoms with E-state index < -0.39 is 5.82 Å². The Kier molecular flexibility index (Phi) is 15.2. The van der Waals surface area contributed by atoms with E-state index in [0.29, 0.717) is 12.2 Å². The summed E-state index contributed by atoms with van der Waals surface area (Å²) < 4.78 is 22.3. The summed E-state index contributed by atoms with van der Waals surface area (Å²) in [5, 5.41) is 2.93. The van der Waals surface area contributed by atoms with Crippen LogP contribution >= 0.6 is 11.3 Å². The Morgan fingerprint density at radius 3 is 2.32 bits per heavy atom. The van der Waals surface area contributed by atoms with E-state index in [1.165, 1.54) is 62.3 Å². The van der Waals surface area contributed by atoms with Gasteiger partial charge >= 0.3 is 0 Å². The number of hydrogen-bond acceptors (Lipinski definition) is 3. The number of thiazole rings is 1. The minimum absolute atomic E-state index is 0. The predicted octanol–water partition coefficient (Wildman–Crippen LogP) is 5.02. The average Bonchev–Trinajstić information content (AvgIpc) is 3.28. The zero-order valence-electron chi connectivity index (χ0n) is 22.8. The zero-order chi connectivity index (χ0) is 26.3. The maximum absolute atomic E-state index is 14.5. The number of halogens is 2. The number of anilines is 1. The monoisotopic (exact) mass is 604 g/mol. The van der Waals surface area contributed by atoms with Gasteiger partial charge in [-0.05, 0) is 43.2 Å². The molecule has 0 unspecified atom stereocenters. The van der Waals surface area contributed by atoms with Gasteiger partial charge in [-0.25, -0.2) is 4.39 Å². The SMILES string of the molecule is CCCCCCCCCCCCOc1ccc(CC(=O)Nc2cccc(C[n+]3csc(C)c3)c2)cc1F.[Br-]. The number of nitrogens with zero attached hydrogens (tertiary/aromatic N) is 1. The Balaban J connectivity index is 0.00000507. The van der Waals surface area contributed by atoms with Crippen molar-refractivity contribution in [1.82, 2.24) is 0 Å². The van der Waals surface area contributed by atoms with E-state index in [0.717, 1.165) is 30.6 Å². The van der Waals surface area contributed by atoms with Gasteiger partial charge in [0.2, 0.25) is 11.4 Å². The van der Waals surface area contributed by atoms with Crippen LogP contribution in [0.15, 0.2) is 54.2 Å². The number of hydrogen-bond donors (Lipinski definition) is 1. The van der Waals surface area contributed by atoms with Crippen LogP contribution < -0.4 is 31.6 Å². The van der Waals surface area contributed by atoms with Gasteiger partial charge in [-0.15, -0.1) is 0 Å². The summed E-state index contributed by atoms with van der Waals surface area (Å²) in [6.07, 6.45) is 14.8. The van der Waals surface area contributed by atoms with Crippen molar-refractivity contribution in [2.24, 2.45) is 0 Å². The highest BCUT2D eigenvalue weighted by atomic mass is 79.9. The Hall–Kier alpha value is -2.25. The lowest BCUT2D eigenvalue weighted by molar-refractivity contribution is -0.683. The second kappa shape index (κ2) is 18.1. The molecule has 208 valence electrons. The summed E-state index contributed by atoms with van der Waals surface area (Å²) in [6, 6.07) is 12.6. The third-order valence-electron chi connectivity index (χ3n) is 6.41. The van der Waals surface area contributed by atoms with E-state index in [4.69, 9.17) is 4.74 Å². The first-order valence-electron chi connectivity index (χ1n) is 13.8. The largest absolute Gasteiger partial charge is 1.00 e. The molecule has 0 saturated carbocycles. The van der Waals surface area contributed by atoms with Crippen LogP contribution in [0.2, 0.25) is 0 Å². The summed E-state index contributed by atoms with van der Waals surface area (Å²) in [5.41, 5.74) is 4.56. The number of ether oxygens (including phenoxy) is 1. The molecule has 1 amide bonds. The molecular weight excluding hydrogens is 563 g/mol. The first-order valence-corrected chi connectivity index (χ1v) is 14.7. The maximum atomic E-state index is 14.5. The molecule has 0 radical (unpaired) electrons. The van der Waals surface area contributed by atoms with Crippen LogP contribution in [0.1, 0.15) is 87.1 Å². The fourth-order valence-electron chi connectivity index (χ4n) is 4.42. The highest BCUT2D eigenvalue weighted by molar-refractivity contribution is 7.09. The van der Waals surface area contributed by atoms with E-state index in [9.17, 15) is 9.18 Å². The second-order valence-corrected chi connectivity index (χ2v) is 10.9. The van der Waals surface area contributed by atoms with Gasteiger partial charge in [0.05, 0.1) is 17.9 Å². The molecule has 0 aliphatic rings. The topological polar surface area (TPSA) is 42.2 Å². The van der Waals surface area contributed by atoms with Crippen molar-refractivity contribution < 1.29 is 35.5 Å². The van der Waals surface area contributed by atoms with Gasteiger partial charge in [-0.1, -0.05) is 94.2 Å². The van der Waals surface area contributed by atoms with Gasteiger partial charge in [0.25, 0.3) is 0 Å². The summed E-state index contributed by atoms with van der Waals surface area (Å²) in [7, 11) is 0. The van der Waals surface area contributed by atoms with Gasteiger partial charge in [0.15, 0.2) is 24.3 Å². The molecule has 1 heterocycles. The lowest BCUT2D eigenvalue weighted by atomic mass is 10.1. The molecule has 0 aliphatic heterocycles. The lowest BCUT2D eigenvalue weighted by Gasteiger charge is -2.10. The van der Waals surface area contributed by atoms with Crippen LogP contribution in [0, 0.1) is 12.7 Å². The van der Waals surface area contributed by atoms with Crippen molar-refractivity contribution >= 4 is 22.9 Å². The Bertz CT molecular complexity index is 1100. The van der Waals surface area contributed by atoms with Crippen molar-refractivity contribution in [1.29, 1.82) is 0 Å². The highest BCUT2D eigenvalue weighted by Gasteiger charge is 2.11. The number of aromatic nitrogens is 1. The first-order chi connectivity index (χ1) is 18.0. The molecular formula is C31H42BrFN2O2S. The van der Waals surface area contributed by atoms with Gasteiger partial charge in [0, 0.05) is 11.3 Å². The van der Waals surface area contributed by atoms with Gasteiger partial charge in [0.1, 0.15) is 0 Å². The third kappa shape index (κ3) is 12.1. The number of amides is 1. The summed E-state index contributed by atoms with van der Waals surface area (Å²) in [5.74, 6) is -0.328. The molecule has 1 N–H and O–H groups in total. The quantitative estimate of drug-likeness (QED) is 0.174. The predicted molar refractivity (Wildman–Crippen MR) is 151 cm³/mol. The molecule has 0 aliphatic carbocycles. The van der Waals surface area contributed by atoms with Crippen molar-refractivity contribution in [3.05, 3.63) is 76.0 Å². The fourth-order valence-corrected chi connectivity index (χ4v) is 5.05. The minimum Gasteiger partial charge on any atom is -1.00 e. The molecule has 3 aromatic rings. The molecule has 1 aromatic heterocycles. The molecule has 0 spiro atoms. The number of carbonyl (C=O) groups excluding carboxylic acids is 1. The van der Waals surface area contributed by atoms with Crippen molar-refractivity contribution in [3.63, 3.8) is 0 Å². The molecule has 0 bridgehead atoms. The summed E-state index contributed by atoms with van der Waals surface area (Å²) in [4.78, 5) is 13.8. The van der Waals surface area contributed by atoms with Crippen LogP contribution in [0.5, 0.6) is 5.75 Å².